The monoisotopic (exact) mass is 387 g/mol. The molecule has 0 aliphatic heterocycles. The highest BCUT2D eigenvalue weighted by Gasteiger charge is 2.20. The van der Waals surface area contributed by atoms with Crippen LogP contribution >= 0.6 is 0 Å². The Hall–Kier alpha value is -3.41. The van der Waals surface area contributed by atoms with Gasteiger partial charge in [-0.3, -0.25) is 5.41 Å². The molecule has 0 atom stereocenters. The lowest BCUT2D eigenvalue weighted by Gasteiger charge is -2.24. The first-order valence-corrected chi connectivity index (χ1v) is 10.00. The Morgan fingerprint density at radius 1 is 0.931 bits per heavy atom. The van der Waals surface area contributed by atoms with Crippen molar-refractivity contribution in [1.82, 2.24) is 9.97 Å². The maximum Gasteiger partial charge on any atom is 0.141 e. The normalized spacial score (nSPS) is 14.3. The number of benzene rings is 2. The van der Waals surface area contributed by atoms with E-state index in [1.807, 2.05) is 54.6 Å². The summed E-state index contributed by atoms with van der Waals surface area (Å²) in [5.41, 5.74) is 7.72. The third kappa shape index (κ3) is 4.54. The summed E-state index contributed by atoms with van der Waals surface area (Å²) in [5, 5.41) is 12.2. The molecule has 0 unspecified atom stereocenters. The third-order valence-corrected chi connectivity index (χ3v) is 5.19. The van der Waals surface area contributed by atoms with Gasteiger partial charge in [-0.25, -0.2) is 9.97 Å². The number of rotatable bonds is 6. The smallest absolute Gasteiger partial charge is 0.141 e. The summed E-state index contributed by atoms with van der Waals surface area (Å²) in [4.78, 5) is 8.50. The Kier molecular flexibility index (Phi) is 5.70. The van der Waals surface area contributed by atoms with Gasteiger partial charge in [0.25, 0.3) is 0 Å². The molecule has 0 amide bonds. The second kappa shape index (κ2) is 8.73. The molecule has 29 heavy (non-hydrogen) atoms. The molecule has 4 N–H and O–H groups in total. The molecule has 0 radical (unpaired) electrons. The van der Waals surface area contributed by atoms with Crippen LogP contribution in [0.1, 0.15) is 43.2 Å². The van der Waals surface area contributed by atoms with E-state index in [9.17, 15) is 0 Å². The molecular weight excluding hydrogens is 362 g/mol. The second-order valence-corrected chi connectivity index (χ2v) is 7.28. The van der Waals surface area contributed by atoms with Crippen molar-refractivity contribution in [2.24, 2.45) is 0 Å². The highest BCUT2D eigenvalue weighted by Crippen LogP contribution is 2.27. The zero-order valence-corrected chi connectivity index (χ0v) is 16.3. The molecule has 6 nitrogen and oxygen atoms in total. The van der Waals surface area contributed by atoms with E-state index < -0.39 is 0 Å². The van der Waals surface area contributed by atoms with Crippen molar-refractivity contribution < 1.29 is 4.74 Å². The first-order chi connectivity index (χ1) is 14.2. The van der Waals surface area contributed by atoms with Crippen LogP contribution in [0.3, 0.4) is 0 Å². The average Bonchev–Trinajstić information content (AvgIpc) is 2.75. The van der Waals surface area contributed by atoms with Crippen LogP contribution in [0.5, 0.6) is 11.5 Å². The van der Waals surface area contributed by atoms with Gasteiger partial charge >= 0.3 is 0 Å². The summed E-state index contributed by atoms with van der Waals surface area (Å²) in [6.45, 7) is 0. The van der Waals surface area contributed by atoms with Crippen LogP contribution in [-0.2, 0) is 0 Å². The number of hydrogen-bond acceptors (Lipinski definition) is 6. The van der Waals surface area contributed by atoms with Crippen molar-refractivity contribution in [3.8, 4) is 11.5 Å². The molecular formula is C23H25N5O. The molecule has 1 aromatic heterocycles. The van der Waals surface area contributed by atoms with Gasteiger partial charge < -0.3 is 15.8 Å². The first-order valence-electron chi connectivity index (χ1n) is 10.00. The summed E-state index contributed by atoms with van der Waals surface area (Å²) in [6.07, 6.45) is 7.39. The van der Waals surface area contributed by atoms with E-state index in [1.54, 1.807) is 0 Å². The van der Waals surface area contributed by atoms with E-state index in [-0.39, 0.29) is 0 Å². The van der Waals surface area contributed by atoms with Gasteiger partial charge in [0.15, 0.2) is 0 Å². The second-order valence-electron chi connectivity index (χ2n) is 7.28. The minimum atomic E-state index is 0.299. The fourth-order valence-electron chi connectivity index (χ4n) is 3.65. The Morgan fingerprint density at radius 2 is 1.62 bits per heavy atom. The maximum atomic E-state index is 8.72. The minimum Gasteiger partial charge on any atom is -0.457 e. The fraction of sp³-hybridized carbons (Fsp3) is 0.261. The van der Waals surface area contributed by atoms with Crippen molar-refractivity contribution in [1.29, 1.82) is 5.41 Å². The summed E-state index contributed by atoms with van der Waals surface area (Å²) in [7, 11) is 0. The van der Waals surface area contributed by atoms with Gasteiger partial charge in [0, 0.05) is 11.6 Å². The lowest BCUT2D eigenvalue weighted by molar-refractivity contribution is 0.462. The van der Waals surface area contributed by atoms with Gasteiger partial charge in [0.2, 0.25) is 0 Å². The molecule has 1 aliphatic rings. The van der Waals surface area contributed by atoms with E-state index in [1.165, 1.54) is 25.6 Å². The molecule has 148 valence electrons. The number of aromatic nitrogens is 2. The van der Waals surface area contributed by atoms with Gasteiger partial charge in [-0.1, -0.05) is 37.5 Å². The Balaban J connectivity index is 1.54. The molecule has 1 fully saturated rings. The van der Waals surface area contributed by atoms with Crippen LogP contribution < -0.4 is 15.8 Å². The number of nitrogens with zero attached hydrogens (tertiary/aromatic N) is 2. The molecule has 6 heteroatoms. The summed E-state index contributed by atoms with van der Waals surface area (Å²) < 4.78 is 5.83. The van der Waals surface area contributed by atoms with Crippen LogP contribution in [0.15, 0.2) is 60.9 Å². The van der Waals surface area contributed by atoms with Gasteiger partial charge in [0.05, 0.1) is 11.3 Å². The predicted octanol–water partition coefficient (Wildman–Crippen LogP) is 5.01. The van der Waals surface area contributed by atoms with Crippen LogP contribution in [0.4, 0.5) is 11.6 Å². The number of nitrogens with two attached hydrogens (primary N) is 1. The largest absolute Gasteiger partial charge is 0.457 e. The van der Waals surface area contributed by atoms with Crippen molar-refractivity contribution in [3.05, 3.63) is 72.1 Å². The maximum absolute atomic E-state index is 8.72. The molecule has 4 rings (SSSR count). The number of para-hydroxylation sites is 1. The molecule has 1 saturated carbocycles. The van der Waals surface area contributed by atoms with Gasteiger partial charge in [0.1, 0.15) is 29.5 Å². The van der Waals surface area contributed by atoms with Crippen molar-refractivity contribution in [2.45, 2.75) is 38.1 Å². The van der Waals surface area contributed by atoms with Gasteiger partial charge in [-0.2, -0.15) is 0 Å². The van der Waals surface area contributed by atoms with Crippen molar-refractivity contribution in [2.75, 3.05) is 11.1 Å². The lowest BCUT2D eigenvalue weighted by atomic mass is 9.95. The highest BCUT2D eigenvalue weighted by atomic mass is 16.5. The van der Waals surface area contributed by atoms with Gasteiger partial charge in [-0.05, 0) is 49.2 Å². The van der Waals surface area contributed by atoms with E-state index in [0.29, 0.717) is 34.7 Å². The SMILES string of the molecule is N=C(c1ccc(Oc2ccccc2)cc1)c1c(N)ncnc1NC1CCCCC1. The molecule has 1 heterocycles. The standard InChI is InChI=1S/C23H25N5O/c24-21(16-11-13-19(14-12-16)29-18-9-5-2-6-10-18)20-22(25)26-15-27-23(20)28-17-7-3-1-4-8-17/h2,5-6,9-15,17,24H,1,3-4,7-8H2,(H3,25,26,27,28). The van der Waals surface area contributed by atoms with Crippen LogP contribution in [0.25, 0.3) is 0 Å². The quantitative estimate of drug-likeness (QED) is 0.517. The predicted molar refractivity (Wildman–Crippen MR) is 116 cm³/mol. The summed E-state index contributed by atoms with van der Waals surface area (Å²) >= 11 is 0. The minimum absolute atomic E-state index is 0.299. The fourth-order valence-corrected chi connectivity index (χ4v) is 3.65. The van der Waals surface area contributed by atoms with Crippen LogP contribution in [0, 0.1) is 5.41 Å². The third-order valence-electron chi connectivity index (χ3n) is 5.19. The van der Waals surface area contributed by atoms with E-state index in [0.717, 1.165) is 24.2 Å². The van der Waals surface area contributed by atoms with Crippen molar-refractivity contribution >= 4 is 17.3 Å². The van der Waals surface area contributed by atoms with E-state index >= 15 is 0 Å². The van der Waals surface area contributed by atoms with Crippen molar-refractivity contribution in [3.63, 3.8) is 0 Å². The Labute approximate surface area is 170 Å². The Bertz CT molecular complexity index is 966. The molecule has 2 aromatic carbocycles. The topological polar surface area (TPSA) is 96.9 Å². The zero-order valence-electron chi connectivity index (χ0n) is 16.3. The molecule has 0 saturated heterocycles. The van der Waals surface area contributed by atoms with Crippen LogP contribution in [0.2, 0.25) is 0 Å². The number of nitrogen functional groups attached to an aromatic ring is 1. The van der Waals surface area contributed by atoms with Crippen LogP contribution in [-0.4, -0.2) is 21.7 Å². The number of ether oxygens (including phenoxy) is 1. The average molecular weight is 387 g/mol. The highest BCUT2D eigenvalue weighted by molar-refractivity contribution is 6.16. The summed E-state index contributed by atoms with van der Waals surface area (Å²) in [6, 6.07) is 17.4. The number of hydrogen-bond donors (Lipinski definition) is 3. The first kappa shape index (κ1) is 18.9. The Morgan fingerprint density at radius 3 is 2.34 bits per heavy atom. The molecule has 0 bridgehead atoms. The number of anilines is 2. The van der Waals surface area contributed by atoms with E-state index in [4.69, 9.17) is 15.9 Å². The zero-order chi connectivity index (χ0) is 20.1. The number of nitrogens with one attached hydrogen (secondary N) is 2. The molecule has 3 aromatic rings. The molecule has 0 spiro atoms. The van der Waals surface area contributed by atoms with E-state index in [2.05, 4.69) is 15.3 Å². The molecule has 1 aliphatic carbocycles. The van der Waals surface area contributed by atoms with Gasteiger partial charge in [-0.15, -0.1) is 0 Å². The lowest BCUT2D eigenvalue weighted by Crippen LogP contribution is -2.25. The summed E-state index contributed by atoms with van der Waals surface area (Å²) in [5.74, 6) is 2.44.